The van der Waals surface area contributed by atoms with Gasteiger partial charge < -0.3 is 20.5 Å². The quantitative estimate of drug-likeness (QED) is 0.716. The van der Waals surface area contributed by atoms with Gasteiger partial charge in [-0.15, -0.1) is 12.4 Å². The third kappa shape index (κ3) is 7.52. The van der Waals surface area contributed by atoms with Crippen LogP contribution < -0.4 is 15.8 Å². The first-order valence-electron chi connectivity index (χ1n) is 7.27. The van der Waals surface area contributed by atoms with Crippen molar-refractivity contribution in [1.29, 1.82) is 0 Å². The van der Waals surface area contributed by atoms with Crippen LogP contribution in [0.4, 0.5) is 11.4 Å². The molecule has 0 fully saturated rings. The zero-order valence-electron chi connectivity index (χ0n) is 13.7. The molecule has 3 N–H and O–H groups in total. The van der Waals surface area contributed by atoms with Gasteiger partial charge in [0.05, 0.1) is 31.9 Å². The first-order valence-corrected chi connectivity index (χ1v) is 7.27. The Balaban J connectivity index is 0.00000441. The van der Waals surface area contributed by atoms with Crippen molar-refractivity contribution in [3.8, 4) is 5.75 Å². The first kappa shape index (κ1) is 20.5. The fraction of sp³-hybridized carbons (Fsp3) is 0.562. The van der Waals surface area contributed by atoms with Crippen LogP contribution in [0.3, 0.4) is 0 Å². The molecule has 0 spiro atoms. The van der Waals surface area contributed by atoms with E-state index in [1.165, 1.54) is 0 Å². The van der Waals surface area contributed by atoms with E-state index in [4.69, 9.17) is 15.2 Å². The summed E-state index contributed by atoms with van der Waals surface area (Å²) >= 11 is 0. The van der Waals surface area contributed by atoms with Gasteiger partial charge in [-0.2, -0.15) is 0 Å². The summed E-state index contributed by atoms with van der Waals surface area (Å²) < 4.78 is 10.7. The predicted molar refractivity (Wildman–Crippen MR) is 92.8 cm³/mol. The van der Waals surface area contributed by atoms with Crippen LogP contribution in [0.1, 0.15) is 33.6 Å². The summed E-state index contributed by atoms with van der Waals surface area (Å²) in [7, 11) is 1.56. The molecule has 22 heavy (non-hydrogen) atoms. The maximum Gasteiger partial charge on any atom is 0.226 e. The molecule has 0 aliphatic rings. The van der Waals surface area contributed by atoms with Crippen LogP contribution in [0, 0.1) is 5.92 Å². The molecule has 1 rings (SSSR count). The molecule has 0 aliphatic carbocycles. The largest absolute Gasteiger partial charge is 0.495 e. The van der Waals surface area contributed by atoms with Gasteiger partial charge in [-0.05, 0) is 37.5 Å². The van der Waals surface area contributed by atoms with Gasteiger partial charge in [0.25, 0.3) is 0 Å². The molecule has 0 bridgehead atoms. The molecule has 5 nitrogen and oxygen atoms in total. The number of hydrogen-bond acceptors (Lipinski definition) is 4. The Labute approximate surface area is 139 Å². The number of carbonyl (C=O) groups is 1. The summed E-state index contributed by atoms with van der Waals surface area (Å²) in [6.07, 6.45) is 1.50. The summed E-state index contributed by atoms with van der Waals surface area (Å²) in [5.41, 5.74) is 6.95. The normalized spacial score (nSPS) is 11.7. The lowest BCUT2D eigenvalue weighted by Gasteiger charge is -2.15. The predicted octanol–water partition coefficient (Wildman–Crippen LogP) is 3.48. The van der Waals surface area contributed by atoms with Crippen molar-refractivity contribution in [1.82, 2.24) is 0 Å². The SMILES string of the molecule is COc1ccc(NC(=O)CCOC(C)CC(C)C)cc1N.Cl. The molecule has 6 heteroatoms. The highest BCUT2D eigenvalue weighted by atomic mass is 35.5. The molecular formula is C16H27ClN2O3. The smallest absolute Gasteiger partial charge is 0.226 e. The molecule has 0 radical (unpaired) electrons. The number of hydrogen-bond donors (Lipinski definition) is 2. The highest BCUT2D eigenvalue weighted by Crippen LogP contribution is 2.24. The Kier molecular flexibility index (Phi) is 9.61. The number of rotatable bonds is 8. The van der Waals surface area contributed by atoms with Crippen molar-refractivity contribution in [3.63, 3.8) is 0 Å². The van der Waals surface area contributed by atoms with E-state index in [0.29, 0.717) is 36.1 Å². The third-order valence-electron chi connectivity index (χ3n) is 3.05. The summed E-state index contributed by atoms with van der Waals surface area (Å²) in [4.78, 5) is 11.8. The second kappa shape index (κ2) is 10.3. The summed E-state index contributed by atoms with van der Waals surface area (Å²) in [5, 5.41) is 2.79. The van der Waals surface area contributed by atoms with Crippen LogP contribution in [0.5, 0.6) is 5.75 Å². The van der Waals surface area contributed by atoms with E-state index in [0.717, 1.165) is 6.42 Å². The average Bonchev–Trinajstić information content (AvgIpc) is 2.38. The van der Waals surface area contributed by atoms with Crippen LogP contribution in [-0.2, 0) is 9.53 Å². The molecule has 1 unspecified atom stereocenters. The van der Waals surface area contributed by atoms with Crippen LogP contribution >= 0.6 is 12.4 Å². The van der Waals surface area contributed by atoms with Crippen molar-refractivity contribution in [2.24, 2.45) is 5.92 Å². The molecule has 1 amide bonds. The molecule has 0 heterocycles. The Bertz CT molecular complexity index is 467. The van der Waals surface area contributed by atoms with Gasteiger partial charge in [0, 0.05) is 5.69 Å². The van der Waals surface area contributed by atoms with E-state index in [-0.39, 0.29) is 24.4 Å². The Morgan fingerprint density at radius 3 is 2.55 bits per heavy atom. The Hall–Kier alpha value is -1.46. The number of halogens is 1. The minimum Gasteiger partial charge on any atom is -0.495 e. The number of methoxy groups -OCH3 is 1. The van der Waals surface area contributed by atoms with Crippen molar-refractivity contribution in [2.45, 2.75) is 39.7 Å². The van der Waals surface area contributed by atoms with Crippen LogP contribution in [0.2, 0.25) is 0 Å². The second-order valence-corrected chi connectivity index (χ2v) is 5.57. The molecule has 1 aromatic rings. The van der Waals surface area contributed by atoms with Gasteiger partial charge in [-0.3, -0.25) is 4.79 Å². The number of ether oxygens (including phenoxy) is 2. The number of nitrogens with two attached hydrogens (primary N) is 1. The fourth-order valence-electron chi connectivity index (χ4n) is 2.12. The molecule has 0 saturated carbocycles. The number of nitrogen functional groups attached to an aromatic ring is 1. The molecule has 0 aromatic heterocycles. The summed E-state index contributed by atoms with van der Waals surface area (Å²) in [6.45, 7) is 6.76. The molecular weight excluding hydrogens is 304 g/mol. The minimum absolute atomic E-state index is 0. The lowest BCUT2D eigenvalue weighted by atomic mass is 10.1. The average molecular weight is 331 g/mol. The number of nitrogens with one attached hydrogen (secondary N) is 1. The first-order chi connectivity index (χ1) is 9.92. The van der Waals surface area contributed by atoms with Gasteiger partial charge >= 0.3 is 0 Å². The Morgan fingerprint density at radius 2 is 2.00 bits per heavy atom. The van der Waals surface area contributed by atoms with Crippen LogP contribution in [0.25, 0.3) is 0 Å². The van der Waals surface area contributed by atoms with E-state index in [1.807, 2.05) is 6.92 Å². The molecule has 1 atom stereocenters. The zero-order chi connectivity index (χ0) is 15.8. The lowest BCUT2D eigenvalue weighted by Crippen LogP contribution is -2.18. The molecule has 1 aromatic carbocycles. The molecule has 0 aliphatic heterocycles. The van der Waals surface area contributed by atoms with Crippen LogP contribution in [-0.4, -0.2) is 25.7 Å². The monoisotopic (exact) mass is 330 g/mol. The van der Waals surface area contributed by atoms with Gasteiger partial charge in [0.15, 0.2) is 0 Å². The van der Waals surface area contributed by atoms with E-state index >= 15 is 0 Å². The van der Waals surface area contributed by atoms with Gasteiger partial charge in [0.1, 0.15) is 5.75 Å². The van der Waals surface area contributed by atoms with Crippen molar-refractivity contribution in [3.05, 3.63) is 18.2 Å². The number of carbonyl (C=O) groups excluding carboxylic acids is 1. The number of benzene rings is 1. The lowest BCUT2D eigenvalue weighted by molar-refractivity contribution is -0.117. The van der Waals surface area contributed by atoms with E-state index in [9.17, 15) is 4.79 Å². The fourth-order valence-corrected chi connectivity index (χ4v) is 2.12. The summed E-state index contributed by atoms with van der Waals surface area (Å²) in [6, 6.07) is 5.17. The van der Waals surface area contributed by atoms with Crippen molar-refractivity contribution >= 4 is 29.7 Å². The van der Waals surface area contributed by atoms with E-state index in [1.54, 1.807) is 25.3 Å². The van der Waals surface area contributed by atoms with Crippen LogP contribution in [0.15, 0.2) is 18.2 Å². The maximum atomic E-state index is 11.8. The standard InChI is InChI=1S/C16H26N2O3.ClH/c1-11(2)9-12(3)21-8-7-16(19)18-13-5-6-15(20-4)14(17)10-13;/h5-6,10-12H,7-9,17H2,1-4H3,(H,18,19);1H. The van der Waals surface area contributed by atoms with E-state index in [2.05, 4.69) is 19.2 Å². The maximum absolute atomic E-state index is 11.8. The highest BCUT2D eigenvalue weighted by Gasteiger charge is 2.08. The van der Waals surface area contributed by atoms with Gasteiger partial charge in [-0.1, -0.05) is 13.8 Å². The van der Waals surface area contributed by atoms with Gasteiger partial charge in [-0.25, -0.2) is 0 Å². The van der Waals surface area contributed by atoms with Crippen molar-refractivity contribution < 1.29 is 14.3 Å². The highest BCUT2D eigenvalue weighted by molar-refractivity contribution is 5.91. The summed E-state index contributed by atoms with van der Waals surface area (Å²) in [5.74, 6) is 1.10. The number of anilines is 2. The molecule has 0 saturated heterocycles. The zero-order valence-corrected chi connectivity index (χ0v) is 14.5. The topological polar surface area (TPSA) is 73.6 Å². The van der Waals surface area contributed by atoms with Crippen molar-refractivity contribution in [2.75, 3.05) is 24.8 Å². The van der Waals surface area contributed by atoms with E-state index < -0.39 is 0 Å². The second-order valence-electron chi connectivity index (χ2n) is 5.57. The molecule has 126 valence electrons. The third-order valence-corrected chi connectivity index (χ3v) is 3.05. The minimum atomic E-state index is -0.0867. The number of amides is 1. The Morgan fingerprint density at radius 1 is 1.32 bits per heavy atom. The van der Waals surface area contributed by atoms with Gasteiger partial charge in [0.2, 0.25) is 5.91 Å².